The molecule has 0 aromatic heterocycles. The molecule has 0 radical (unpaired) electrons. The standard InChI is InChI=1S/C15H25N3O/c1-15(2)11-17(3)10-13(9-16)18(15)12-6-5-7-14(8-12)19-4/h5-8,13H,9-11,16H2,1-4H3. The molecule has 106 valence electrons. The summed E-state index contributed by atoms with van der Waals surface area (Å²) in [6.45, 7) is 7.22. The predicted octanol–water partition coefficient (Wildman–Crippen LogP) is 1.55. The van der Waals surface area contributed by atoms with E-state index in [-0.39, 0.29) is 5.54 Å². The molecule has 1 saturated heterocycles. The van der Waals surface area contributed by atoms with Gasteiger partial charge in [0.05, 0.1) is 13.2 Å². The molecular formula is C15H25N3O. The quantitative estimate of drug-likeness (QED) is 0.898. The maximum absolute atomic E-state index is 5.99. The van der Waals surface area contributed by atoms with Crippen LogP contribution in [-0.2, 0) is 0 Å². The van der Waals surface area contributed by atoms with Crippen molar-refractivity contribution < 1.29 is 4.74 Å². The Morgan fingerprint density at radius 1 is 1.42 bits per heavy atom. The second kappa shape index (κ2) is 5.39. The van der Waals surface area contributed by atoms with Crippen molar-refractivity contribution in [1.29, 1.82) is 0 Å². The third kappa shape index (κ3) is 2.85. The smallest absolute Gasteiger partial charge is 0.120 e. The van der Waals surface area contributed by atoms with Crippen molar-refractivity contribution in [3.8, 4) is 5.75 Å². The van der Waals surface area contributed by atoms with Crippen molar-refractivity contribution in [3.05, 3.63) is 24.3 Å². The summed E-state index contributed by atoms with van der Waals surface area (Å²) in [5.41, 5.74) is 7.23. The minimum atomic E-state index is 0.0589. The van der Waals surface area contributed by atoms with Crippen LogP contribution < -0.4 is 15.4 Å². The van der Waals surface area contributed by atoms with Gasteiger partial charge in [0, 0.05) is 36.9 Å². The molecule has 1 aliphatic rings. The number of nitrogens with zero attached hydrogens (tertiary/aromatic N) is 2. The van der Waals surface area contributed by atoms with Crippen LogP contribution in [0, 0.1) is 0 Å². The van der Waals surface area contributed by atoms with Gasteiger partial charge in [0.2, 0.25) is 0 Å². The number of piperazine rings is 1. The zero-order valence-corrected chi connectivity index (χ0v) is 12.4. The van der Waals surface area contributed by atoms with Gasteiger partial charge >= 0.3 is 0 Å². The van der Waals surface area contributed by atoms with E-state index in [1.807, 2.05) is 12.1 Å². The predicted molar refractivity (Wildman–Crippen MR) is 79.9 cm³/mol. The third-order valence-electron chi connectivity index (χ3n) is 3.80. The molecule has 1 unspecified atom stereocenters. The number of likely N-dealkylation sites (N-methyl/N-ethyl adjacent to an activating group) is 1. The average molecular weight is 263 g/mol. The Labute approximate surface area is 116 Å². The average Bonchev–Trinajstić information content (AvgIpc) is 2.36. The van der Waals surface area contributed by atoms with Crippen LogP contribution in [0.1, 0.15) is 13.8 Å². The molecule has 2 N–H and O–H groups in total. The largest absolute Gasteiger partial charge is 0.497 e. The van der Waals surface area contributed by atoms with Crippen molar-refractivity contribution in [2.24, 2.45) is 5.73 Å². The Bertz CT molecular complexity index is 433. The van der Waals surface area contributed by atoms with Gasteiger partial charge in [-0.15, -0.1) is 0 Å². The molecule has 0 aliphatic carbocycles. The Kier molecular flexibility index (Phi) is 4.02. The highest BCUT2D eigenvalue weighted by atomic mass is 16.5. The number of ether oxygens (including phenoxy) is 1. The van der Waals surface area contributed by atoms with Crippen LogP contribution in [0.3, 0.4) is 0 Å². The molecule has 0 spiro atoms. The van der Waals surface area contributed by atoms with E-state index in [2.05, 4.69) is 42.8 Å². The zero-order valence-electron chi connectivity index (χ0n) is 12.4. The summed E-state index contributed by atoms with van der Waals surface area (Å²) in [5, 5.41) is 0. The summed E-state index contributed by atoms with van der Waals surface area (Å²) >= 11 is 0. The molecule has 0 amide bonds. The number of anilines is 1. The topological polar surface area (TPSA) is 41.7 Å². The summed E-state index contributed by atoms with van der Waals surface area (Å²) in [6.07, 6.45) is 0. The number of methoxy groups -OCH3 is 1. The van der Waals surface area contributed by atoms with Gasteiger partial charge in [-0.25, -0.2) is 0 Å². The second-order valence-electron chi connectivity index (χ2n) is 5.97. The van der Waals surface area contributed by atoms with Crippen LogP contribution in [-0.4, -0.2) is 50.3 Å². The summed E-state index contributed by atoms with van der Waals surface area (Å²) in [4.78, 5) is 4.80. The van der Waals surface area contributed by atoms with Crippen LogP contribution in [0.4, 0.5) is 5.69 Å². The summed E-state index contributed by atoms with van der Waals surface area (Å²) in [5.74, 6) is 0.892. The lowest BCUT2D eigenvalue weighted by Gasteiger charge is -2.52. The highest BCUT2D eigenvalue weighted by Gasteiger charge is 2.38. The van der Waals surface area contributed by atoms with E-state index in [9.17, 15) is 0 Å². The zero-order chi connectivity index (χ0) is 14.0. The van der Waals surface area contributed by atoms with Gasteiger partial charge in [-0.05, 0) is 33.0 Å². The van der Waals surface area contributed by atoms with Gasteiger partial charge in [0.25, 0.3) is 0 Å². The van der Waals surface area contributed by atoms with Crippen LogP contribution >= 0.6 is 0 Å². The van der Waals surface area contributed by atoms with Crippen molar-refractivity contribution in [2.75, 3.05) is 38.7 Å². The Morgan fingerprint density at radius 3 is 2.79 bits per heavy atom. The molecule has 1 atom stereocenters. The van der Waals surface area contributed by atoms with E-state index >= 15 is 0 Å². The Hall–Kier alpha value is -1.26. The van der Waals surface area contributed by atoms with Crippen molar-refractivity contribution in [2.45, 2.75) is 25.4 Å². The number of rotatable bonds is 3. The minimum Gasteiger partial charge on any atom is -0.497 e. The lowest BCUT2D eigenvalue weighted by molar-refractivity contribution is 0.182. The molecule has 4 nitrogen and oxygen atoms in total. The fourth-order valence-electron chi connectivity index (χ4n) is 3.24. The SMILES string of the molecule is COc1cccc(N2C(CN)CN(C)CC2(C)C)c1. The monoisotopic (exact) mass is 263 g/mol. The lowest BCUT2D eigenvalue weighted by atomic mass is 9.94. The molecule has 19 heavy (non-hydrogen) atoms. The van der Waals surface area contributed by atoms with Gasteiger partial charge in [-0.2, -0.15) is 0 Å². The van der Waals surface area contributed by atoms with Crippen LogP contribution in [0.5, 0.6) is 5.75 Å². The summed E-state index contributed by atoms with van der Waals surface area (Å²) < 4.78 is 5.34. The fourth-order valence-corrected chi connectivity index (χ4v) is 3.24. The number of nitrogens with two attached hydrogens (primary N) is 1. The van der Waals surface area contributed by atoms with Crippen LogP contribution in [0.2, 0.25) is 0 Å². The first kappa shape index (κ1) is 14.2. The van der Waals surface area contributed by atoms with E-state index in [0.717, 1.165) is 18.8 Å². The first-order valence-electron chi connectivity index (χ1n) is 6.80. The van der Waals surface area contributed by atoms with Crippen LogP contribution in [0.15, 0.2) is 24.3 Å². The third-order valence-corrected chi connectivity index (χ3v) is 3.80. The number of benzene rings is 1. The highest BCUT2D eigenvalue weighted by molar-refractivity contribution is 5.54. The van der Waals surface area contributed by atoms with Crippen molar-refractivity contribution in [1.82, 2.24) is 4.90 Å². The molecule has 0 saturated carbocycles. The van der Waals surface area contributed by atoms with E-state index in [1.165, 1.54) is 5.69 Å². The first-order chi connectivity index (χ1) is 8.97. The first-order valence-corrected chi connectivity index (χ1v) is 6.80. The van der Waals surface area contributed by atoms with E-state index in [1.54, 1.807) is 7.11 Å². The molecule has 2 rings (SSSR count). The van der Waals surface area contributed by atoms with Crippen LogP contribution in [0.25, 0.3) is 0 Å². The summed E-state index contributed by atoms with van der Waals surface area (Å²) in [6, 6.07) is 8.58. The highest BCUT2D eigenvalue weighted by Crippen LogP contribution is 2.32. The van der Waals surface area contributed by atoms with Crippen molar-refractivity contribution in [3.63, 3.8) is 0 Å². The molecule has 1 aromatic carbocycles. The molecule has 1 heterocycles. The van der Waals surface area contributed by atoms with Crippen molar-refractivity contribution >= 4 is 5.69 Å². The van der Waals surface area contributed by atoms with Gasteiger partial charge in [-0.1, -0.05) is 6.07 Å². The Morgan fingerprint density at radius 2 is 2.16 bits per heavy atom. The molecule has 1 fully saturated rings. The molecule has 4 heteroatoms. The normalized spacial score (nSPS) is 23.4. The minimum absolute atomic E-state index is 0.0589. The molecule has 1 aliphatic heterocycles. The van der Waals surface area contributed by atoms with Gasteiger partial charge < -0.3 is 20.3 Å². The second-order valence-corrected chi connectivity index (χ2v) is 5.97. The van der Waals surface area contributed by atoms with E-state index in [4.69, 9.17) is 10.5 Å². The van der Waals surface area contributed by atoms with E-state index in [0.29, 0.717) is 12.6 Å². The van der Waals surface area contributed by atoms with Gasteiger partial charge in [0.15, 0.2) is 0 Å². The maximum Gasteiger partial charge on any atom is 0.120 e. The van der Waals surface area contributed by atoms with Gasteiger partial charge in [0.1, 0.15) is 5.75 Å². The lowest BCUT2D eigenvalue weighted by Crippen LogP contribution is -2.65. The molecule has 0 bridgehead atoms. The number of hydrogen-bond acceptors (Lipinski definition) is 4. The van der Waals surface area contributed by atoms with Gasteiger partial charge in [-0.3, -0.25) is 0 Å². The Balaban J connectivity index is 2.37. The fraction of sp³-hybridized carbons (Fsp3) is 0.600. The molecule has 1 aromatic rings. The molecular weight excluding hydrogens is 238 g/mol. The maximum atomic E-state index is 5.99. The number of hydrogen-bond donors (Lipinski definition) is 1. The summed E-state index contributed by atoms with van der Waals surface area (Å²) in [7, 11) is 3.86. The van der Waals surface area contributed by atoms with E-state index < -0.39 is 0 Å².